The van der Waals surface area contributed by atoms with Crippen LogP contribution in [0.3, 0.4) is 0 Å². The zero-order chi connectivity index (χ0) is 15.9. The summed E-state index contributed by atoms with van der Waals surface area (Å²) < 4.78 is 0. The van der Waals surface area contributed by atoms with Gasteiger partial charge in [0.2, 0.25) is 0 Å². The van der Waals surface area contributed by atoms with E-state index in [1.54, 1.807) is 11.9 Å². The molecule has 1 amide bonds. The number of aryl methyl sites for hydroxylation is 1. The summed E-state index contributed by atoms with van der Waals surface area (Å²) in [6.07, 6.45) is 7.15. The van der Waals surface area contributed by atoms with Crippen LogP contribution in [0.4, 0.5) is 5.69 Å². The molecule has 0 spiro atoms. The molecule has 116 valence electrons. The van der Waals surface area contributed by atoms with Crippen LogP contribution in [0.5, 0.6) is 0 Å². The lowest BCUT2D eigenvalue weighted by molar-refractivity contribution is -0.128. The van der Waals surface area contributed by atoms with Gasteiger partial charge in [-0.05, 0) is 31.4 Å². The number of nitriles is 1. The van der Waals surface area contributed by atoms with Crippen LogP contribution in [-0.4, -0.2) is 23.9 Å². The number of likely N-dealkylation sites (N-methyl/N-ethyl adjacent to an activating group) is 1. The number of benzene rings is 1. The number of carbonyl (C=O) groups is 1. The van der Waals surface area contributed by atoms with Gasteiger partial charge in [0.1, 0.15) is 11.6 Å². The molecule has 1 aliphatic carbocycles. The average Bonchev–Trinajstić information content (AvgIpc) is 2.56. The van der Waals surface area contributed by atoms with Gasteiger partial charge in [0.25, 0.3) is 5.91 Å². The molecule has 4 nitrogen and oxygen atoms in total. The van der Waals surface area contributed by atoms with Crippen LogP contribution < -0.4 is 5.32 Å². The number of nitrogens with one attached hydrogen (secondary N) is 1. The molecule has 1 aromatic carbocycles. The standard InChI is InChI=1S/C18H23N3O/c1-14-8-6-7-11-17(14)20-13-15(12-19)18(22)21(2)16-9-4-3-5-10-16/h6-8,11,13,16,20H,3-5,9-10H2,1-2H3/b15-13-. The molecule has 1 N–H and O–H groups in total. The number of para-hydroxylation sites is 1. The van der Waals surface area contributed by atoms with Gasteiger partial charge in [0.15, 0.2) is 0 Å². The Balaban J connectivity index is 2.06. The fourth-order valence-corrected chi connectivity index (χ4v) is 2.85. The maximum atomic E-state index is 12.5. The predicted octanol–water partition coefficient (Wildman–Crippen LogP) is 3.61. The molecule has 22 heavy (non-hydrogen) atoms. The highest BCUT2D eigenvalue weighted by Crippen LogP contribution is 2.22. The van der Waals surface area contributed by atoms with E-state index in [1.165, 1.54) is 12.6 Å². The number of anilines is 1. The molecule has 0 atom stereocenters. The van der Waals surface area contributed by atoms with Crippen molar-refractivity contribution in [2.45, 2.75) is 45.1 Å². The van der Waals surface area contributed by atoms with Gasteiger partial charge >= 0.3 is 0 Å². The van der Waals surface area contributed by atoms with Crippen LogP contribution >= 0.6 is 0 Å². The van der Waals surface area contributed by atoms with E-state index in [9.17, 15) is 10.1 Å². The van der Waals surface area contributed by atoms with Crippen LogP contribution in [0, 0.1) is 18.3 Å². The van der Waals surface area contributed by atoms with E-state index in [1.807, 2.05) is 37.3 Å². The zero-order valence-electron chi connectivity index (χ0n) is 13.3. The summed E-state index contributed by atoms with van der Waals surface area (Å²) in [6.45, 7) is 1.98. The molecule has 0 radical (unpaired) electrons. The number of hydrogen-bond donors (Lipinski definition) is 1. The molecule has 0 unspecified atom stereocenters. The van der Waals surface area contributed by atoms with E-state index < -0.39 is 0 Å². The van der Waals surface area contributed by atoms with E-state index in [2.05, 4.69) is 5.32 Å². The molecule has 0 saturated heterocycles. The Morgan fingerprint density at radius 2 is 2.00 bits per heavy atom. The monoisotopic (exact) mass is 297 g/mol. The average molecular weight is 297 g/mol. The quantitative estimate of drug-likeness (QED) is 0.682. The largest absolute Gasteiger partial charge is 0.360 e. The van der Waals surface area contributed by atoms with Gasteiger partial charge in [-0.3, -0.25) is 4.79 Å². The summed E-state index contributed by atoms with van der Waals surface area (Å²) in [4.78, 5) is 14.2. The van der Waals surface area contributed by atoms with E-state index >= 15 is 0 Å². The van der Waals surface area contributed by atoms with Crippen molar-refractivity contribution in [1.29, 1.82) is 5.26 Å². The van der Waals surface area contributed by atoms with Crippen LogP contribution in [0.15, 0.2) is 36.0 Å². The Morgan fingerprint density at radius 1 is 1.32 bits per heavy atom. The van der Waals surface area contributed by atoms with Crippen molar-refractivity contribution in [2.24, 2.45) is 0 Å². The molecule has 0 aromatic heterocycles. The molecule has 1 aromatic rings. The molecule has 4 heteroatoms. The third kappa shape index (κ3) is 3.88. The Labute approximate surface area is 132 Å². The van der Waals surface area contributed by atoms with Gasteiger partial charge < -0.3 is 10.2 Å². The molecule has 1 saturated carbocycles. The number of carbonyl (C=O) groups excluding carboxylic acids is 1. The summed E-state index contributed by atoms with van der Waals surface area (Å²) in [5, 5.41) is 12.4. The van der Waals surface area contributed by atoms with Crippen LogP contribution in [0.2, 0.25) is 0 Å². The van der Waals surface area contributed by atoms with Crippen LogP contribution in [0.25, 0.3) is 0 Å². The van der Waals surface area contributed by atoms with Crippen molar-refractivity contribution >= 4 is 11.6 Å². The van der Waals surface area contributed by atoms with Gasteiger partial charge in [-0.25, -0.2) is 0 Å². The molecule has 1 fully saturated rings. The highest BCUT2D eigenvalue weighted by atomic mass is 16.2. The minimum Gasteiger partial charge on any atom is -0.360 e. The Kier molecular flexibility index (Phi) is 5.60. The van der Waals surface area contributed by atoms with Crippen molar-refractivity contribution in [2.75, 3.05) is 12.4 Å². The molecular formula is C18H23N3O. The Hall–Kier alpha value is -2.28. The SMILES string of the molecule is Cc1ccccc1N/C=C(/C#N)C(=O)N(C)C1CCCCC1. The Morgan fingerprint density at radius 3 is 2.64 bits per heavy atom. The smallest absolute Gasteiger partial charge is 0.266 e. The summed E-state index contributed by atoms with van der Waals surface area (Å²) in [6, 6.07) is 10.1. The van der Waals surface area contributed by atoms with Crippen molar-refractivity contribution in [3.8, 4) is 6.07 Å². The minimum absolute atomic E-state index is 0.149. The topological polar surface area (TPSA) is 56.1 Å². The molecular weight excluding hydrogens is 274 g/mol. The van der Waals surface area contributed by atoms with Crippen molar-refractivity contribution < 1.29 is 4.79 Å². The highest BCUT2D eigenvalue weighted by molar-refractivity contribution is 5.97. The first-order valence-electron chi connectivity index (χ1n) is 7.83. The Bertz CT molecular complexity index is 595. The number of nitrogens with zero attached hydrogens (tertiary/aromatic N) is 2. The van der Waals surface area contributed by atoms with E-state index in [0.717, 1.165) is 36.9 Å². The summed E-state index contributed by atoms with van der Waals surface area (Å²) in [7, 11) is 1.80. The maximum Gasteiger partial charge on any atom is 0.266 e. The van der Waals surface area contributed by atoms with Crippen LogP contribution in [-0.2, 0) is 4.79 Å². The lowest BCUT2D eigenvalue weighted by Crippen LogP contribution is -2.39. The van der Waals surface area contributed by atoms with E-state index in [4.69, 9.17) is 0 Å². The summed E-state index contributed by atoms with van der Waals surface area (Å²) in [5.41, 5.74) is 2.13. The van der Waals surface area contributed by atoms with Crippen molar-refractivity contribution in [3.05, 3.63) is 41.6 Å². The third-order valence-electron chi connectivity index (χ3n) is 4.31. The summed E-state index contributed by atoms with van der Waals surface area (Å²) >= 11 is 0. The van der Waals surface area contributed by atoms with Gasteiger partial charge in [-0.2, -0.15) is 5.26 Å². The lowest BCUT2D eigenvalue weighted by atomic mass is 9.94. The zero-order valence-corrected chi connectivity index (χ0v) is 13.3. The second kappa shape index (κ2) is 7.65. The molecule has 0 aliphatic heterocycles. The second-order valence-electron chi connectivity index (χ2n) is 5.84. The van der Waals surface area contributed by atoms with Gasteiger partial charge in [-0.1, -0.05) is 37.5 Å². The summed E-state index contributed by atoms with van der Waals surface area (Å²) in [5.74, 6) is -0.199. The number of hydrogen-bond acceptors (Lipinski definition) is 3. The normalized spacial score (nSPS) is 16.0. The predicted molar refractivity (Wildman–Crippen MR) is 88.1 cm³/mol. The fraction of sp³-hybridized carbons (Fsp3) is 0.444. The second-order valence-corrected chi connectivity index (χ2v) is 5.84. The first-order chi connectivity index (χ1) is 10.6. The van der Waals surface area contributed by atoms with Crippen molar-refractivity contribution in [3.63, 3.8) is 0 Å². The van der Waals surface area contributed by atoms with Gasteiger partial charge in [0.05, 0.1) is 0 Å². The molecule has 0 heterocycles. The third-order valence-corrected chi connectivity index (χ3v) is 4.31. The number of rotatable bonds is 4. The number of amides is 1. The molecule has 2 rings (SSSR count). The van der Waals surface area contributed by atoms with Gasteiger partial charge in [0, 0.05) is 25.0 Å². The highest BCUT2D eigenvalue weighted by Gasteiger charge is 2.24. The van der Waals surface area contributed by atoms with Gasteiger partial charge in [-0.15, -0.1) is 0 Å². The van der Waals surface area contributed by atoms with E-state index in [-0.39, 0.29) is 17.5 Å². The fourth-order valence-electron chi connectivity index (χ4n) is 2.85. The van der Waals surface area contributed by atoms with Crippen molar-refractivity contribution in [1.82, 2.24) is 4.90 Å². The minimum atomic E-state index is -0.199. The van der Waals surface area contributed by atoms with E-state index in [0.29, 0.717) is 0 Å². The molecule has 1 aliphatic rings. The lowest BCUT2D eigenvalue weighted by Gasteiger charge is -2.31. The first-order valence-corrected chi connectivity index (χ1v) is 7.83. The van der Waals surface area contributed by atoms with Crippen LogP contribution in [0.1, 0.15) is 37.7 Å². The maximum absolute atomic E-state index is 12.5. The molecule has 0 bridgehead atoms. The first kappa shape index (κ1) is 16.1.